The number of oxazole rings is 1. The summed E-state index contributed by atoms with van der Waals surface area (Å²) in [5, 5.41) is 2.31. The van der Waals surface area contributed by atoms with Crippen LogP contribution in [0.15, 0.2) is 126 Å². The summed E-state index contributed by atoms with van der Waals surface area (Å²) in [7, 11) is 0. The third-order valence-corrected chi connectivity index (χ3v) is 5.87. The minimum atomic E-state index is 0.601. The lowest BCUT2D eigenvalue weighted by Gasteiger charge is -2.25. The van der Waals surface area contributed by atoms with Crippen molar-refractivity contribution in [1.29, 1.82) is 0 Å². The highest BCUT2D eigenvalue weighted by atomic mass is 16.3. The molecule has 0 aliphatic heterocycles. The minimum absolute atomic E-state index is 0.601. The van der Waals surface area contributed by atoms with E-state index < -0.39 is 0 Å². The Morgan fingerprint density at radius 3 is 1.76 bits per heavy atom. The molecule has 6 rings (SSSR count). The zero-order chi connectivity index (χ0) is 22.7. The molecule has 0 amide bonds. The maximum absolute atomic E-state index is 5.97. The Hall–Kier alpha value is -4.63. The summed E-state index contributed by atoms with van der Waals surface area (Å²) in [6.45, 7) is 0. The van der Waals surface area contributed by atoms with E-state index in [-0.39, 0.29) is 0 Å². The molecule has 3 nitrogen and oxygen atoms in total. The summed E-state index contributed by atoms with van der Waals surface area (Å²) in [6, 6.07) is 41.7. The van der Waals surface area contributed by atoms with E-state index in [1.54, 1.807) is 0 Å². The number of hydrogen-bond acceptors (Lipinski definition) is 3. The van der Waals surface area contributed by atoms with Crippen LogP contribution in [-0.2, 0) is 0 Å². The van der Waals surface area contributed by atoms with Crippen LogP contribution in [0.4, 0.5) is 17.1 Å². The van der Waals surface area contributed by atoms with Crippen molar-refractivity contribution in [2.24, 2.45) is 0 Å². The maximum Gasteiger partial charge on any atom is 0.220 e. The van der Waals surface area contributed by atoms with Crippen LogP contribution >= 0.6 is 0 Å². The second kappa shape index (κ2) is 8.72. The standard InChI is InChI=1S/C31H22N2O/c1-3-11-26(12-4-1)33(27-13-5-2-6-14-27)28-18-15-23(16-19-28)17-20-31-32-29-21-24-9-7-8-10-25(24)22-30(29)34-31/h1-22H/b20-17+. The van der Waals surface area contributed by atoms with E-state index in [0.29, 0.717) is 5.89 Å². The highest BCUT2D eigenvalue weighted by Crippen LogP contribution is 2.34. The molecule has 6 aromatic rings. The fraction of sp³-hybridized carbons (Fsp3) is 0. The molecule has 5 aromatic carbocycles. The number of hydrogen-bond donors (Lipinski definition) is 0. The molecule has 162 valence electrons. The summed E-state index contributed by atoms with van der Waals surface area (Å²) in [6.07, 6.45) is 3.95. The second-order valence-corrected chi connectivity index (χ2v) is 8.15. The Morgan fingerprint density at radius 2 is 1.12 bits per heavy atom. The van der Waals surface area contributed by atoms with E-state index in [2.05, 4.69) is 101 Å². The summed E-state index contributed by atoms with van der Waals surface area (Å²) in [4.78, 5) is 6.89. The van der Waals surface area contributed by atoms with E-state index in [1.807, 2.05) is 42.5 Å². The highest BCUT2D eigenvalue weighted by Gasteiger charge is 2.11. The van der Waals surface area contributed by atoms with Gasteiger partial charge in [-0.25, -0.2) is 4.98 Å². The normalized spacial score (nSPS) is 11.4. The van der Waals surface area contributed by atoms with Crippen molar-refractivity contribution in [2.45, 2.75) is 0 Å². The molecular formula is C31H22N2O. The summed E-state index contributed by atoms with van der Waals surface area (Å²) in [5.74, 6) is 0.601. The predicted octanol–water partition coefficient (Wildman–Crippen LogP) is 8.62. The number of rotatable bonds is 5. The Balaban J connectivity index is 1.29. The first-order valence-corrected chi connectivity index (χ1v) is 11.3. The van der Waals surface area contributed by atoms with Gasteiger partial charge in [0, 0.05) is 23.1 Å². The van der Waals surface area contributed by atoms with Crippen molar-refractivity contribution in [1.82, 2.24) is 4.98 Å². The van der Waals surface area contributed by atoms with Crippen LogP contribution in [0.1, 0.15) is 11.5 Å². The lowest BCUT2D eigenvalue weighted by atomic mass is 10.1. The monoisotopic (exact) mass is 438 g/mol. The van der Waals surface area contributed by atoms with E-state index in [1.165, 1.54) is 0 Å². The van der Waals surface area contributed by atoms with Gasteiger partial charge in [0.1, 0.15) is 5.52 Å². The Morgan fingerprint density at radius 1 is 0.559 bits per heavy atom. The Labute approximate surface area is 198 Å². The van der Waals surface area contributed by atoms with Crippen molar-refractivity contribution in [3.8, 4) is 0 Å². The van der Waals surface area contributed by atoms with Gasteiger partial charge in [0.15, 0.2) is 5.58 Å². The van der Waals surface area contributed by atoms with Gasteiger partial charge >= 0.3 is 0 Å². The van der Waals surface area contributed by atoms with Crippen LogP contribution in [0.25, 0.3) is 34.0 Å². The molecule has 0 atom stereocenters. The molecule has 1 heterocycles. The lowest BCUT2D eigenvalue weighted by molar-refractivity contribution is 0.590. The third kappa shape index (κ3) is 3.96. The van der Waals surface area contributed by atoms with Gasteiger partial charge in [-0.2, -0.15) is 0 Å². The Kier molecular flexibility index (Phi) is 5.13. The predicted molar refractivity (Wildman–Crippen MR) is 142 cm³/mol. The van der Waals surface area contributed by atoms with Crippen LogP contribution in [-0.4, -0.2) is 4.98 Å². The van der Waals surface area contributed by atoms with E-state index in [4.69, 9.17) is 4.42 Å². The molecule has 0 aliphatic rings. The summed E-state index contributed by atoms with van der Waals surface area (Å²) < 4.78 is 5.97. The number of para-hydroxylation sites is 2. The lowest BCUT2D eigenvalue weighted by Crippen LogP contribution is -2.09. The van der Waals surface area contributed by atoms with Gasteiger partial charge in [-0.05, 0) is 70.9 Å². The topological polar surface area (TPSA) is 29.3 Å². The van der Waals surface area contributed by atoms with E-state index in [9.17, 15) is 0 Å². The second-order valence-electron chi connectivity index (χ2n) is 8.15. The van der Waals surface area contributed by atoms with Crippen LogP contribution < -0.4 is 4.90 Å². The quantitative estimate of drug-likeness (QED) is 0.270. The largest absolute Gasteiger partial charge is 0.437 e. The van der Waals surface area contributed by atoms with Gasteiger partial charge in [-0.15, -0.1) is 0 Å². The van der Waals surface area contributed by atoms with Crippen LogP contribution in [0, 0.1) is 0 Å². The number of aromatic nitrogens is 1. The molecule has 0 unspecified atom stereocenters. The van der Waals surface area contributed by atoms with E-state index >= 15 is 0 Å². The number of fused-ring (bicyclic) bond motifs is 2. The molecule has 3 heteroatoms. The molecule has 0 fully saturated rings. The molecule has 0 radical (unpaired) electrons. The SMILES string of the molecule is C(=C\c1nc2cc3ccccc3cc2o1)/c1ccc(N(c2ccccc2)c2ccccc2)cc1. The molecule has 0 saturated carbocycles. The molecule has 0 aliphatic carbocycles. The van der Waals surface area contributed by atoms with Crippen LogP contribution in [0.5, 0.6) is 0 Å². The minimum Gasteiger partial charge on any atom is -0.437 e. The van der Waals surface area contributed by atoms with Crippen molar-refractivity contribution >= 4 is 51.1 Å². The van der Waals surface area contributed by atoms with Crippen molar-refractivity contribution in [3.05, 3.63) is 133 Å². The fourth-order valence-corrected chi connectivity index (χ4v) is 4.21. The van der Waals surface area contributed by atoms with Crippen molar-refractivity contribution in [2.75, 3.05) is 4.90 Å². The van der Waals surface area contributed by atoms with Crippen molar-refractivity contribution in [3.63, 3.8) is 0 Å². The van der Waals surface area contributed by atoms with Gasteiger partial charge in [-0.1, -0.05) is 72.8 Å². The first kappa shape index (κ1) is 20.0. The fourth-order valence-electron chi connectivity index (χ4n) is 4.21. The molecule has 34 heavy (non-hydrogen) atoms. The Bertz CT molecular complexity index is 1490. The average Bonchev–Trinajstić information content (AvgIpc) is 3.30. The summed E-state index contributed by atoms with van der Waals surface area (Å²) >= 11 is 0. The number of anilines is 3. The molecule has 0 N–H and O–H groups in total. The zero-order valence-electron chi connectivity index (χ0n) is 18.5. The molecular weight excluding hydrogens is 416 g/mol. The van der Waals surface area contributed by atoms with Gasteiger partial charge in [0.2, 0.25) is 5.89 Å². The van der Waals surface area contributed by atoms with E-state index in [0.717, 1.165) is 44.5 Å². The van der Waals surface area contributed by atoms with Gasteiger partial charge in [-0.3, -0.25) is 0 Å². The van der Waals surface area contributed by atoms with Crippen molar-refractivity contribution < 1.29 is 4.42 Å². The smallest absolute Gasteiger partial charge is 0.220 e. The summed E-state index contributed by atoms with van der Waals surface area (Å²) in [5.41, 5.74) is 6.09. The highest BCUT2D eigenvalue weighted by molar-refractivity contribution is 5.94. The zero-order valence-corrected chi connectivity index (χ0v) is 18.5. The first-order chi connectivity index (χ1) is 16.8. The first-order valence-electron chi connectivity index (χ1n) is 11.3. The van der Waals surface area contributed by atoms with Gasteiger partial charge in [0.05, 0.1) is 0 Å². The third-order valence-electron chi connectivity index (χ3n) is 5.87. The number of nitrogens with zero attached hydrogens (tertiary/aromatic N) is 2. The van der Waals surface area contributed by atoms with Crippen LogP contribution in [0.2, 0.25) is 0 Å². The maximum atomic E-state index is 5.97. The molecule has 0 spiro atoms. The molecule has 0 bridgehead atoms. The number of benzene rings is 5. The van der Waals surface area contributed by atoms with Crippen LogP contribution in [0.3, 0.4) is 0 Å². The van der Waals surface area contributed by atoms with Gasteiger partial charge < -0.3 is 9.32 Å². The molecule has 1 aromatic heterocycles. The average molecular weight is 439 g/mol. The molecule has 0 saturated heterocycles. The van der Waals surface area contributed by atoms with Gasteiger partial charge in [0.25, 0.3) is 0 Å².